The van der Waals surface area contributed by atoms with Crippen LogP contribution in [0.3, 0.4) is 0 Å². The fourth-order valence-electron chi connectivity index (χ4n) is 27.8. The van der Waals surface area contributed by atoms with E-state index in [9.17, 15) is 0 Å². The third kappa shape index (κ3) is 13.2. The first kappa shape index (κ1) is 84.0. The maximum atomic E-state index is 2.59. The summed E-state index contributed by atoms with van der Waals surface area (Å²) < 4.78 is 0. The van der Waals surface area contributed by atoms with Crippen LogP contribution in [0.1, 0.15) is 377 Å². The van der Waals surface area contributed by atoms with Crippen LogP contribution >= 0.6 is 0 Å². The Kier molecular flexibility index (Phi) is 18.1. The smallest absolute Gasteiger partial charge is 0.00874 e. The van der Waals surface area contributed by atoms with Crippen LogP contribution in [0.5, 0.6) is 0 Å². The van der Waals surface area contributed by atoms with Gasteiger partial charge in [-0.05, 0) is 422 Å². The lowest BCUT2D eigenvalue weighted by molar-refractivity contribution is 0.331. The summed E-state index contributed by atoms with van der Waals surface area (Å²) in [5.74, 6) is 0. The molecule has 0 saturated heterocycles. The molecule has 0 bridgehead atoms. The van der Waals surface area contributed by atoms with Crippen LogP contribution in [0.2, 0.25) is 0 Å². The van der Waals surface area contributed by atoms with E-state index >= 15 is 0 Å². The van der Waals surface area contributed by atoms with Crippen molar-refractivity contribution in [1.29, 1.82) is 0 Å². The van der Waals surface area contributed by atoms with E-state index in [0.717, 1.165) is 32.1 Å². The highest BCUT2D eigenvalue weighted by Gasteiger charge is 2.48. The van der Waals surface area contributed by atoms with Gasteiger partial charge in [0.2, 0.25) is 0 Å². The first-order chi connectivity index (χ1) is 59.4. The minimum Gasteiger partial charge on any atom is -0.0709 e. The Labute approximate surface area is 762 Å². The van der Waals surface area contributed by atoms with Crippen LogP contribution in [0.15, 0.2) is 194 Å². The van der Waals surface area contributed by atoms with Crippen LogP contribution in [0.25, 0.3) is 99.5 Å². The summed E-state index contributed by atoms with van der Waals surface area (Å²) >= 11 is 0. The Balaban J connectivity index is 0.0000000970. The molecule has 0 N–H and O–H groups in total. The van der Waals surface area contributed by atoms with Gasteiger partial charge in [-0.25, -0.2) is 0 Å². The molecule has 0 aliphatic heterocycles. The van der Waals surface area contributed by atoms with Crippen molar-refractivity contribution in [2.75, 3.05) is 0 Å². The largest absolute Gasteiger partial charge is 0.0709 e. The Morgan fingerprint density at radius 2 is 0.339 bits per heavy atom. The maximum Gasteiger partial charge on any atom is 0.00874 e. The lowest BCUT2D eigenvalue weighted by Gasteiger charge is -2.42. The molecule has 0 heterocycles. The zero-order valence-corrected chi connectivity index (χ0v) is 82.3. The molecule has 0 atom stereocenters. The second-order valence-electron chi connectivity index (χ2n) is 49.7. The van der Waals surface area contributed by atoms with Gasteiger partial charge in [-0.2, -0.15) is 0 Å². The summed E-state index contributed by atoms with van der Waals surface area (Å²) in [6.45, 7) is 66.7. The monoisotopic (exact) mass is 1660 g/mol. The predicted molar refractivity (Wildman–Crippen MR) is 547 cm³/mol. The minimum atomic E-state index is 0.144. The van der Waals surface area contributed by atoms with Crippen LogP contribution in [0.4, 0.5) is 0 Å². The molecular formula is C127H138. The fourth-order valence-corrected chi connectivity index (χ4v) is 27.8. The number of rotatable bonds is 0. The van der Waals surface area contributed by atoms with E-state index < -0.39 is 0 Å². The first-order valence-corrected chi connectivity index (χ1v) is 48.6. The molecule has 13 aliphatic rings. The molecule has 25 rings (SSSR count). The normalized spacial score (nSPS) is 20.9. The van der Waals surface area contributed by atoms with E-state index in [-0.39, 0.29) is 65.0 Å². The molecule has 0 heteroatoms. The topological polar surface area (TPSA) is 0 Å². The molecule has 12 aromatic rings. The summed E-state index contributed by atoms with van der Waals surface area (Å²) in [5.41, 5.74) is 63.0. The Bertz CT molecular complexity index is 6610. The van der Waals surface area contributed by atoms with Crippen molar-refractivity contribution in [2.24, 2.45) is 0 Å². The molecule has 13 aliphatic carbocycles. The first-order valence-electron chi connectivity index (χ1n) is 48.6. The van der Waals surface area contributed by atoms with E-state index in [1.165, 1.54) is 216 Å². The average molecular weight is 1660 g/mol. The summed E-state index contributed by atoms with van der Waals surface area (Å²) in [6, 6.07) is 67.1. The molecule has 0 spiro atoms. The van der Waals surface area contributed by atoms with Crippen molar-refractivity contribution in [3.05, 3.63) is 339 Å². The number of allylic oxidation sites excluding steroid dienone is 8. The van der Waals surface area contributed by atoms with Crippen molar-refractivity contribution in [3.8, 4) is 55.6 Å². The third-order valence-corrected chi connectivity index (χ3v) is 34.4. The number of benzene rings is 12. The van der Waals surface area contributed by atoms with E-state index in [4.69, 9.17) is 0 Å². The van der Waals surface area contributed by atoms with E-state index in [1.807, 2.05) is 0 Å². The van der Waals surface area contributed by atoms with Gasteiger partial charge in [-0.3, -0.25) is 0 Å². The molecule has 0 amide bonds. The van der Waals surface area contributed by atoms with Gasteiger partial charge in [0.25, 0.3) is 0 Å². The van der Waals surface area contributed by atoms with Gasteiger partial charge >= 0.3 is 0 Å². The highest BCUT2D eigenvalue weighted by molar-refractivity contribution is 5.98. The standard InChI is InChI=1S/C29H38.C27H34.2C25H26.C21H14/c1-26(2)9-11-28(5,6)24-16-20-18(14-22(24)26)13-19-15-23-25(17-21(19)20)29(7,8)12-10-27(23,3)4;1-24(2)14-26(5,6)22-12-18-16(10-20(22)24)9-17-11-21-23(13-19(17)18)27(7,8)15-25(21,3)4;1-14-12-24(3,4)22-8-16-7-17-9-23-19(15(2)13-25(23,5)6)11-21(17)20(16)10-18(14)22;1-14-12-24(3,4)22-10-20-16(8-18(14)22)7-17-9-19-15(2)13-25(5,6)23(19)11-21(17)20;1-3-7-16-12-20-18(9-14(16)5-1)11-19-10-15-6-2-4-8-17(15)13-21(19)20/h14-17H,9-13H2,1-8H3;10-13H,9,14-15H2,1-8H3;2*8-13H,7H2,1-6H3;1-10,12-13H,11H2. The second kappa shape index (κ2) is 27.4. The molecule has 127 heavy (non-hydrogen) atoms. The molecule has 0 saturated carbocycles. The maximum absolute atomic E-state index is 2.59. The summed E-state index contributed by atoms with van der Waals surface area (Å²) in [5, 5.41) is 5.34. The highest BCUT2D eigenvalue weighted by atomic mass is 14.5. The summed E-state index contributed by atoms with van der Waals surface area (Å²) in [7, 11) is 0. The molecule has 0 unspecified atom stereocenters. The van der Waals surface area contributed by atoms with Crippen molar-refractivity contribution >= 4 is 43.8 Å². The third-order valence-electron chi connectivity index (χ3n) is 34.4. The zero-order chi connectivity index (χ0) is 89.8. The zero-order valence-electron chi connectivity index (χ0n) is 82.3. The second-order valence-corrected chi connectivity index (χ2v) is 49.7. The number of hydrogen-bond donors (Lipinski definition) is 0. The van der Waals surface area contributed by atoms with Gasteiger partial charge in [-0.1, -0.05) is 324 Å². The lowest BCUT2D eigenvalue weighted by atomic mass is 9.62. The number of hydrogen-bond acceptors (Lipinski definition) is 0. The quantitative estimate of drug-likeness (QED) is 0.142. The molecule has 0 nitrogen and oxygen atoms in total. The van der Waals surface area contributed by atoms with Gasteiger partial charge < -0.3 is 0 Å². The van der Waals surface area contributed by atoms with Crippen LogP contribution in [-0.2, 0) is 97.1 Å². The van der Waals surface area contributed by atoms with E-state index in [1.54, 1.807) is 66.8 Å². The Hall–Kier alpha value is -9.88. The fraction of sp³-hybridized carbons (Fsp3) is 0.402. The van der Waals surface area contributed by atoms with Gasteiger partial charge in [0, 0.05) is 21.7 Å². The van der Waals surface area contributed by atoms with Crippen LogP contribution in [0, 0.1) is 0 Å². The Morgan fingerprint density at radius 1 is 0.165 bits per heavy atom. The van der Waals surface area contributed by atoms with Gasteiger partial charge in [0.1, 0.15) is 0 Å². The molecular weight excluding hydrogens is 1530 g/mol. The van der Waals surface area contributed by atoms with Crippen molar-refractivity contribution in [2.45, 2.75) is 329 Å². The average Bonchev–Trinajstić information content (AvgIpc) is 1.58. The molecule has 12 aromatic carbocycles. The SMILES string of the molecule is CC1(C)CC(C)(C)c2cc3c(cc21)Cc1cc2c(cc1-3)C(C)(C)CC2(C)C.CC1(C)CCC(C)(C)c2cc3c(cc21)Cc1cc2c(cc1-3)C(C)(C)CCC2(C)C.CC1=CC(C)(C)c2cc3c(cc21)-c1cc2c(cc1C3)C(C)(C)C=C2C.CC1=CC(C)(C)c2cc3c(cc21)Cc1cc2c(cc1-3)C(C)(C)C=C2C.c1ccc2cc3c(cc2c1)Cc1cc2ccccc2cc1-3. The van der Waals surface area contributed by atoms with E-state index in [2.05, 4.69) is 388 Å². The van der Waals surface area contributed by atoms with Crippen LogP contribution in [-0.4, -0.2) is 0 Å². The Morgan fingerprint density at radius 3 is 0.606 bits per heavy atom. The van der Waals surface area contributed by atoms with Gasteiger partial charge in [0.15, 0.2) is 0 Å². The van der Waals surface area contributed by atoms with Crippen molar-refractivity contribution in [1.82, 2.24) is 0 Å². The number of fused-ring (bicyclic) bond motifs is 25. The highest BCUT2D eigenvalue weighted by Crippen LogP contribution is 2.60. The van der Waals surface area contributed by atoms with E-state index in [0.29, 0.717) is 0 Å². The van der Waals surface area contributed by atoms with Gasteiger partial charge in [-0.15, -0.1) is 0 Å². The minimum absolute atomic E-state index is 0.144. The van der Waals surface area contributed by atoms with Crippen LogP contribution < -0.4 is 0 Å². The molecule has 646 valence electrons. The molecule has 0 fully saturated rings. The summed E-state index contributed by atoms with van der Waals surface area (Å²) in [6.07, 6.45) is 22.8. The van der Waals surface area contributed by atoms with Crippen molar-refractivity contribution in [3.63, 3.8) is 0 Å². The predicted octanol–water partition coefficient (Wildman–Crippen LogP) is 34.0. The lowest BCUT2D eigenvalue weighted by Crippen LogP contribution is -2.34. The summed E-state index contributed by atoms with van der Waals surface area (Å²) in [4.78, 5) is 0. The molecule has 0 radical (unpaired) electrons. The van der Waals surface area contributed by atoms with Gasteiger partial charge in [0.05, 0.1) is 0 Å². The van der Waals surface area contributed by atoms with Crippen molar-refractivity contribution < 1.29 is 0 Å². The molecule has 0 aromatic heterocycles.